The van der Waals surface area contributed by atoms with Gasteiger partial charge < -0.3 is 9.26 Å². The van der Waals surface area contributed by atoms with Crippen molar-refractivity contribution >= 4 is 31.0 Å². The molecule has 0 saturated heterocycles. The predicted molar refractivity (Wildman–Crippen MR) is 177 cm³/mol. The molecule has 6 nitrogen and oxygen atoms in total. The molecule has 0 amide bonds. The van der Waals surface area contributed by atoms with E-state index in [4.69, 9.17) is 41.5 Å². The second-order valence-corrected chi connectivity index (χ2v) is 13.6. The first-order chi connectivity index (χ1) is 20.9. The fourth-order valence-corrected chi connectivity index (χ4v) is 6.32. The van der Waals surface area contributed by atoms with Crippen LogP contribution in [0.4, 0.5) is 0 Å². The van der Waals surface area contributed by atoms with Gasteiger partial charge in [0.1, 0.15) is 5.75 Å². The van der Waals surface area contributed by atoms with Crippen molar-refractivity contribution in [1.82, 2.24) is 0 Å². The van der Waals surface area contributed by atoms with E-state index >= 15 is 0 Å². The smallest absolute Gasteiger partial charge is 0.402 e. The molecule has 2 aromatic rings. The molecule has 0 N–H and O–H groups in total. The standard InChI is InChI=1S/C34H50Cl2NO5P/c1-3-4-5-6-7-8-9-10-11-12-13-14-15-16-17-23-31(41-34(27-37)29-21-20-22-30(35)26-29)28-40-43(38,39-2)42-33-25-19-18-24-32(33)36/h18-22,24-26,31,34H,3-17,23,28H2,1-2H3/t31-,34?,43?/m1/s1. The molecule has 2 unspecified atom stereocenters. The molecular formula is C34H50Cl2NO5P. The number of hydrogen-bond donors (Lipinski definition) is 0. The maximum absolute atomic E-state index is 13.2. The van der Waals surface area contributed by atoms with Crippen LogP contribution in [0, 0.1) is 11.3 Å². The number of halogens is 2. The normalized spacial score (nSPS) is 14.1. The molecule has 0 heterocycles. The van der Waals surface area contributed by atoms with Crippen LogP contribution in [0.25, 0.3) is 0 Å². The molecule has 0 spiro atoms. The molecule has 2 rings (SSSR count). The van der Waals surface area contributed by atoms with Crippen molar-refractivity contribution in [1.29, 1.82) is 5.26 Å². The number of phosphoric ester groups is 1. The lowest BCUT2D eigenvalue weighted by Crippen LogP contribution is -2.22. The summed E-state index contributed by atoms with van der Waals surface area (Å²) in [5.74, 6) is 0.197. The van der Waals surface area contributed by atoms with Gasteiger partial charge in [-0.15, -0.1) is 0 Å². The molecule has 0 fully saturated rings. The molecule has 0 radical (unpaired) electrons. The highest BCUT2D eigenvalue weighted by Gasteiger charge is 2.30. The van der Waals surface area contributed by atoms with Gasteiger partial charge in [-0.2, -0.15) is 5.26 Å². The average Bonchev–Trinajstić information content (AvgIpc) is 3.01. The third-order valence-corrected chi connectivity index (χ3v) is 9.30. The van der Waals surface area contributed by atoms with Crippen LogP contribution in [0.2, 0.25) is 10.0 Å². The molecule has 0 aliphatic rings. The van der Waals surface area contributed by atoms with Crippen molar-refractivity contribution in [3.05, 3.63) is 64.1 Å². The van der Waals surface area contributed by atoms with Gasteiger partial charge in [0.15, 0.2) is 6.10 Å². The molecule has 0 aliphatic heterocycles. The zero-order chi connectivity index (χ0) is 31.2. The van der Waals surface area contributed by atoms with E-state index in [0.717, 1.165) is 19.3 Å². The molecule has 0 saturated carbocycles. The molecule has 0 aromatic heterocycles. The molecular weight excluding hydrogens is 604 g/mol. The SMILES string of the molecule is CCCCCCCCCCCCCCCCC[C@H](COP(=O)(OC)Oc1ccccc1Cl)OC(C#N)c1cccc(Cl)c1. The quantitative estimate of drug-likeness (QED) is 0.0783. The van der Waals surface area contributed by atoms with Gasteiger partial charge in [0.05, 0.1) is 23.8 Å². The van der Waals surface area contributed by atoms with E-state index in [9.17, 15) is 9.83 Å². The van der Waals surface area contributed by atoms with Crippen molar-refractivity contribution in [3.63, 3.8) is 0 Å². The first-order valence-corrected chi connectivity index (χ1v) is 18.2. The van der Waals surface area contributed by atoms with Crippen molar-refractivity contribution < 1.29 is 22.9 Å². The van der Waals surface area contributed by atoms with E-state index in [-0.39, 0.29) is 12.4 Å². The van der Waals surface area contributed by atoms with Crippen LogP contribution in [0.15, 0.2) is 48.5 Å². The highest BCUT2D eigenvalue weighted by Crippen LogP contribution is 2.50. The Balaban J connectivity index is 1.80. The minimum absolute atomic E-state index is 0.0765. The summed E-state index contributed by atoms with van der Waals surface area (Å²) in [6.07, 6.45) is 18.4. The summed E-state index contributed by atoms with van der Waals surface area (Å²) in [6, 6.07) is 15.9. The maximum Gasteiger partial charge on any atom is 0.529 e. The minimum Gasteiger partial charge on any atom is -0.402 e. The zero-order valence-electron chi connectivity index (χ0n) is 26.0. The van der Waals surface area contributed by atoms with Crippen molar-refractivity contribution in [2.45, 2.75) is 122 Å². The fraction of sp³-hybridized carbons (Fsp3) is 0.618. The largest absolute Gasteiger partial charge is 0.529 e. The Labute approximate surface area is 270 Å². The summed E-state index contributed by atoms with van der Waals surface area (Å²) in [7, 11) is -2.72. The number of rotatable bonds is 25. The minimum atomic E-state index is -3.98. The molecule has 0 aliphatic carbocycles. The number of unbranched alkanes of at least 4 members (excludes halogenated alkanes) is 14. The number of nitrogens with zero attached hydrogens (tertiary/aromatic N) is 1. The Morgan fingerprint density at radius 1 is 0.814 bits per heavy atom. The number of benzene rings is 2. The third kappa shape index (κ3) is 16.3. The second-order valence-electron chi connectivity index (χ2n) is 11.0. The average molecular weight is 655 g/mol. The van der Waals surface area contributed by atoms with Crippen LogP contribution >= 0.6 is 31.0 Å². The van der Waals surface area contributed by atoms with E-state index in [1.165, 1.54) is 84.2 Å². The van der Waals surface area contributed by atoms with Crippen LogP contribution < -0.4 is 4.52 Å². The number of phosphoric acid groups is 1. The van der Waals surface area contributed by atoms with Gasteiger partial charge in [-0.05, 0) is 36.2 Å². The van der Waals surface area contributed by atoms with E-state index in [0.29, 0.717) is 22.0 Å². The van der Waals surface area contributed by atoms with Gasteiger partial charge in [0.25, 0.3) is 0 Å². The Kier molecular flexibility index (Phi) is 20.0. The number of para-hydroxylation sites is 1. The Hall–Kier alpha value is -1.58. The van der Waals surface area contributed by atoms with Crippen LogP contribution in [0.5, 0.6) is 5.75 Å². The van der Waals surface area contributed by atoms with Gasteiger partial charge in [-0.3, -0.25) is 9.05 Å². The maximum atomic E-state index is 13.2. The summed E-state index contributed by atoms with van der Waals surface area (Å²) in [5.41, 5.74) is 0.652. The topological polar surface area (TPSA) is 77.8 Å². The predicted octanol–water partition coefficient (Wildman–Crippen LogP) is 12.1. The molecule has 43 heavy (non-hydrogen) atoms. The Morgan fingerprint density at radius 3 is 1.93 bits per heavy atom. The van der Waals surface area contributed by atoms with Gasteiger partial charge in [-0.25, -0.2) is 4.57 Å². The first-order valence-electron chi connectivity index (χ1n) is 16.0. The third-order valence-electron chi connectivity index (χ3n) is 7.42. The number of ether oxygens (including phenoxy) is 1. The lowest BCUT2D eigenvalue weighted by molar-refractivity contribution is -0.0222. The van der Waals surface area contributed by atoms with Gasteiger partial charge in [-0.1, -0.05) is 151 Å². The highest BCUT2D eigenvalue weighted by molar-refractivity contribution is 7.48. The van der Waals surface area contributed by atoms with Gasteiger partial charge in [0, 0.05) is 12.1 Å². The molecule has 3 atom stereocenters. The molecule has 240 valence electrons. The Bertz CT molecular complexity index is 1110. The lowest BCUT2D eigenvalue weighted by Gasteiger charge is -2.24. The summed E-state index contributed by atoms with van der Waals surface area (Å²) in [6.45, 7) is 2.19. The number of hydrogen-bond acceptors (Lipinski definition) is 6. The highest BCUT2D eigenvalue weighted by atomic mass is 35.5. The zero-order valence-corrected chi connectivity index (χ0v) is 28.4. The molecule has 2 aromatic carbocycles. The Morgan fingerprint density at radius 2 is 1.40 bits per heavy atom. The molecule has 9 heteroatoms. The van der Waals surface area contributed by atoms with E-state index < -0.39 is 20.0 Å². The van der Waals surface area contributed by atoms with Crippen molar-refractivity contribution in [3.8, 4) is 11.8 Å². The van der Waals surface area contributed by atoms with Crippen molar-refractivity contribution in [2.75, 3.05) is 13.7 Å². The van der Waals surface area contributed by atoms with Crippen LogP contribution in [0.3, 0.4) is 0 Å². The summed E-state index contributed by atoms with van der Waals surface area (Å²) < 4.78 is 35.7. The summed E-state index contributed by atoms with van der Waals surface area (Å²) in [4.78, 5) is 0. The van der Waals surface area contributed by atoms with Gasteiger partial charge >= 0.3 is 7.82 Å². The van der Waals surface area contributed by atoms with E-state index in [2.05, 4.69) is 13.0 Å². The summed E-state index contributed by atoms with van der Waals surface area (Å²) >= 11 is 12.3. The van der Waals surface area contributed by atoms with Crippen LogP contribution in [0.1, 0.15) is 121 Å². The van der Waals surface area contributed by atoms with Crippen LogP contribution in [-0.4, -0.2) is 19.8 Å². The van der Waals surface area contributed by atoms with E-state index in [1.54, 1.807) is 48.5 Å². The monoisotopic (exact) mass is 653 g/mol. The van der Waals surface area contributed by atoms with Gasteiger partial charge in [0.2, 0.25) is 0 Å². The summed E-state index contributed by atoms with van der Waals surface area (Å²) in [5, 5.41) is 10.7. The fourth-order valence-electron chi connectivity index (χ4n) is 4.91. The van der Waals surface area contributed by atoms with E-state index in [1.807, 2.05) is 0 Å². The first kappa shape index (κ1) is 37.6. The lowest BCUT2D eigenvalue weighted by atomic mass is 10.0. The van der Waals surface area contributed by atoms with Crippen LogP contribution in [-0.2, 0) is 18.3 Å². The molecule has 0 bridgehead atoms. The second kappa shape index (κ2) is 22.9. The number of nitriles is 1. The van der Waals surface area contributed by atoms with Crippen molar-refractivity contribution in [2.24, 2.45) is 0 Å².